The van der Waals surface area contributed by atoms with E-state index < -0.39 is 0 Å². The minimum atomic E-state index is 0.129. The molecule has 3 rings (SSSR count). The van der Waals surface area contributed by atoms with E-state index in [-0.39, 0.29) is 6.23 Å². The van der Waals surface area contributed by atoms with Crippen LogP contribution in [-0.2, 0) is 4.74 Å². The molecule has 1 aromatic heterocycles. The molecule has 0 radical (unpaired) electrons. The summed E-state index contributed by atoms with van der Waals surface area (Å²) in [6.45, 7) is 0.857. The quantitative estimate of drug-likeness (QED) is 0.751. The minimum Gasteiger partial charge on any atom is -0.356 e. The summed E-state index contributed by atoms with van der Waals surface area (Å²) in [7, 11) is 0. The van der Waals surface area contributed by atoms with Gasteiger partial charge in [0.25, 0.3) is 0 Å². The van der Waals surface area contributed by atoms with Crippen molar-refractivity contribution < 1.29 is 4.74 Å². The maximum Gasteiger partial charge on any atom is 0.150 e. The molecule has 1 fully saturated rings. The van der Waals surface area contributed by atoms with E-state index in [1.54, 1.807) is 0 Å². The molecule has 84 valence electrons. The van der Waals surface area contributed by atoms with E-state index >= 15 is 0 Å². The highest BCUT2D eigenvalue weighted by Crippen LogP contribution is 2.26. The van der Waals surface area contributed by atoms with Crippen molar-refractivity contribution >= 4 is 33.5 Å². The fraction of sp³-hybridized carbons (Fsp3) is 0.417. The molecule has 16 heavy (non-hydrogen) atoms. The number of rotatable bonds is 1. The highest BCUT2D eigenvalue weighted by Gasteiger charge is 2.18. The number of fused-ring (bicyclic) bond motifs is 1. The summed E-state index contributed by atoms with van der Waals surface area (Å²) in [6.07, 6.45) is 5.53. The highest BCUT2D eigenvalue weighted by atomic mass is 127. The van der Waals surface area contributed by atoms with E-state index in [4.69, 9.17) is 4.74 Å². The third-order valence-electron chi connectivity index (χ3n) is 2.99. The van der Waals surface area contributed by atoms with E-state index in [1.807, 2.05) is 10.9 Å². The zero-order valence-corrected chi connectivity index (χ0v) is 11.1. The van der Waals surface area contributed by atoms with Crippen LogP contribution < -0.4 is 0 Å². The average Bonchev–Trinajstić information content (AvgIpc) is 2.73. The van der Waals surface area contributed by atoms with Gasteiger partial charge in [-0.15, -0.1) is 0 Å². The first kappa shape index (κ1) is 10.5. The number of ether oxygens (including phenoxy) is 1. The van der Waals surface area contributed by atoms with Crippen molar-refractivity contribution in [3.05, 3.63) is 28.0 Å². The van der Waals surface area contributed by atoms with Crippen molar-refractivity contribution in [1.29, 1.82) is 0 Å². The van der Waals surface area contributed by atoms with Gasteiger partial charge in [0.1, 0.15) is 0 Å². The van der Waals surface area contributed by atoms with Crippen molar-refractivity contribution in [3.63, 3.8) is 0 Å². The number of benzene rings is 1. The average molecular weight is 328 g/mol. The largest absolute Gasteiger partial charge is 0.356 e. The summed E-state index contributed by atoms with van der Waals surface area (Å²) in [5.41, 5.74) is 1.18. The van der Waals surface area contributed by atoms with Gasteiger partial charge in [-0.3, -0.25) is 0 Å². The Morgan fingerprint density at radius 2 is 2.31 bits per heavy atom. The summed E-state index contributed by atoms with van der Waals surface area (Å²) in [5.74, 6) is 0. The summed E-state index contributed by atoms with van der Waals surface area (Å²) in [6, 6.07) is 6.39. The summed E-state index contributed by atoms with van der Waals surface area (Å²) in [5, 5.41) is 5.64. The van der Waals surface area contributed by atoms with Gasteiger partial charge >= 0.3 is 0 Å². The van der Waals surface area contributed by atoms with Gasteiger partial charge < -0.3 is 4.74 Å². The van der Waals surface area contributed by atoms with E-state index in [9.17, 15) is 0 Å². The summed E-state index contributed by atoms with van der Waals surface area (Å²) < 4.78 is 9.03. The second kappa shape index (κ2) is 4.33. The zero-order chi connectivity index (χ0) is 11.0. The lowest BCUT2D eigenvalue weighted by Crippen LogP contribution is -2.18. The summed E-state index contributed by atoms with van der Waals surface area (Å²) >= 11 is 2.33. The van der Waals surface area contributed by atoms with Gasteiger partial charge in [-0.2, -0.15) is 5.10 Å². The topological polar surface area (TPSA) is 27.1 Å². The predicted octanol–water partition coefficient (Wildman–Crippen LogP) is 3.34. The Kier molecular flexibility index (Phi) is 2.85. The van der Waals surface area contributed by atoms with Crippen LogP contribution >= 0.6 is 22.6 Å². The van der Waals surface area contributed by atoms with Gasteiger partial charge in [-0.1, -0.05) is 6.07 Å². The van der Waals surface area contributed by atoms with Gasteiger partial charge in [0.05, 0.1) is 11.7 Å². The lowest BCUT2D eigenvalue weighted by molar-refractivity contribution is -0.0366. The Balaban J connectivity index is 2.05. The van der Waals surface area contributed by atoms with Crippen LogP contribution in [0.2, 0.25) is 0 Å². The molecule has 1 saturated heterocycles. The van der Waals surface area contributed by atoms with Crippen LogP contribution in [0.25, 0.3) is 10.9 Å². The Bertz CT molecular complexity index is 503. The fourth-order valence-corrected chi connectivity index (χ4v) is 2.63. The number of hydrogen-bond acceptors (Lipinski definition) is 2. The monoisotopic (exact) mass is 328 g/mol. The molecule has 0 aliphatic carbocycles. The lowest BCUT2D eigenvalue weighted by Gasteiger charge is -2.23. The standard InChI is InChI=1S/C12H13IN2O/c13-10-5-4-9-8-14-15(11(9)7-10)12-3-1-2-6-16-12/h4-5,7-8,12H,1-3,6H2/t12-/m1/s1. The molecule has 1 aliphatic heterocycles. The molecule has 4 heteroatoms. The molecule has 2 aromatic rings. The van der Waals surface area contributed by atoms with E-state index in [0.29, 0.717) is 0 Å². The molecule has 0 unspecified atom stereocenters. The molecule has 0 N–H and O–H groups in total. The Morgan fingerprint density at radius 1 is 1.38 bits per heavy atom. The SMILES string of the molecule is Ic1ccc2cnn([C@H]3CCCCO3)c2c1. The predicted molar refractivity (Wildman–Crippen MR) is 71.3 cm³/mol. The Labute approximate surface area is 108 Å². The molecule has 0 spiro atoms. The molecule has 1 aliphatic rings. The second-order valence-corrected chi connectivity index (χ2v) is 5.36. The zero-order valence-electron chi connectivity index (χ0n) is 8.90. The Hall–Kier alpha value is -0.620. The van der Waals surface area contributed by atoms with Gasteiger partial charge in [0.15, 0.2) is 6.23 Å². The minimum absolute atomic E-state index is 0.129. The van der Waals surface area contributed by atoms with Crippen LogP contribution in [0.3, 0.4) is 0 Å². The van der Waals surface area contributed by atoms with Crippen LogP contribution in [-0.4, -0.2) is 16.4 Å². The third kappa shape index (κ3) is 1.84. The van der Waals surface area contributed by atoms with Gasteiger partial charge in [-0.25, -0.2) is 4.68 Å². The van der Waals surface area contributed by atoms with Gasteiger partial charge in [0.2, 0.25) is 0 Å². The molecular formula is C12H13IN2O. The van der Waals surface area contributed by atoms with E-state index in [1.165, 1.54) is 27.3 Å². The van der Waals surface area contributed by atoms with Crippen LogP contribution in [0, 0.1) is 3.57 Å². The lowest BCUT2D eigenvalue weighted by atomic mass is 10.2. The van der Waals surface area contributed by atoms with Crippen LogP contribution in [0.15, 0.2) is 24.4 Å². The molecular weight excluding hydrogens is 315 g/mol. The van der Waals surface area contributed by atoms with Crippen molar-refractivity contribution in [1.82, 2.24) is 9.78 Å². The second-order valence-electron chi connectivity index (χ2n) is 4.11. The molecule has 0 amide bonds. The first-order valence-electron chi connectivity index (χ1n) is 5.59. The first-order valence-corrected chi connectivity index (χ1v) is 6.67. The molecule has 1 atom stereocenters. The number of aromatic nitrogens is 2. The van der Waals surface area contributed by atoms with Gasteiger partial charge in [-0.05, 0) is 54.0 Å². The number of hydrogen-bond donors (Lipinski definition) is 0. The van der Waals surface area contributed by atoms with Crippen molar-refractivity contribution in [3.8, 4) is 0 Å². The maximum absolute atomic E-state index is 5.77. The van der Waals surface area contributed by atoms with Crippen LogP contribution in [0.5, 0.6) is 0 Å². The van der Waals surface area contributed by atoms with E-state index in [2.05, 4.69) is 45.9 Å². The summed E-state index contributed by atoms with van der Waals surface area (Å²) in [4.78, 5) is 0. The molecule has 2 heterocycles. The smallest absolute Gasteiger partial charge is 0.150 e. The van der Waals surface area contributed by atoms with Gasteiger partial charge in [0, 0.05) is 15.6 Å². The number of halogens is 1. The first-order chi connectivity index (χ1) is 7.84. The molecule has 1 aromatic carbocycles. The van der Waals surface area contributed by atoms with Crippen molar-refractivity contribution in [2.75, 3.05) is 6.61 Å². The molecule has 0 bridgehead atoms. The molecule has 3 nitrogen and oxygen atoms in total. The Morgan fingerprint density at radius 3 is 3.12 bits per heavy atom. The van der Waals surface area contributed by atoms with Crippen molar-refractivity contribution in [2.45, 2.75) is 25.5 Å². The highest BCUT2D eigenvalue weighted by molar-refractivity contribution is 14.1. The normalized spacial score (nSPS) is 21.4. The van der Waals surface area contributed by atoms with Crippen molar-refractivity contribution in [2.24, 2.45) is 0 Å². The maximum atomic E-state index is 5.77. The fourth-order valence-electron chi connectivity index (χ4n) is 2.16. The van der Waals surface area contributed by atoms with E-state index in [0.717, 1.165) is 13.0 Å². The molecule has 0 saturated carbocycles. The van der Waals surface area contributed by atoms with Crippen LogP contribution in [0.1, 0.15) is 25.5 Å². The third-order valence-corrected chi connectivity index (χ3v) is 3.66. The number of nitrogens with zero attached hydrogens (tertiary/aromatic N) is 2. The van der Waals surface area contributed by atoms with Crippen LogP contribution in [0.4, 0.5) is 0 Å².